The summed E-state index contributed by atoms with van der Waals surface area (Å²) in [6, 6.07) is 6.33. The van der Waals surface area contributed by atoms with Gasteiger partial charge in [0.2, 0.25) is 0 Å². The van der Waals surface area contributed by atoms with Crippen LogP contribution in [0.4, 0.5) is 0 Å². The molecule has 0 aliphatic heterocycles. The Morgan fingerprint density at radius 1 is 1.31 bits per heavy atom. The minimum atomic E-state index is -0.138. The zero-order chi connectivity index (χ0) is 11.3. The molecule has 0 aromatic heterocycles. The van der Waals surface area contributed by atoms with Crippen molar-refractivity contribution in [1.82, 2.24) is 0 Å². The van der Waals surface area contributed by atoms with Crippen LogP contribution in [0.25, 0.3) is 0 Å². The molecule has 0 aliphatic carbocycles. The molecule has 2 nitrogen and oxygen atoms in total. The molecule has 0 unspecified atom stereocenters. The molecule has 1 aromatic rings. The van der Waals surface area contributed by atoms with Gasteiger partial charge >= 0.3 is 101 Å². The number of benzene rings is 1. The molecule has 0 bridgehead atoms. The number of carbonyl (C=O) groups excluding carboxylic acids is 1. The maximum atomic E-state index is 11.3. The third kappa shape index (κ3) is 5.22. The van der Waals surface area contributed by atoms with Crippen LogP contribution in [-0.2, 0) is 39.3 Å². The van der Waals surface area contributed by atoms with E-state index in [0.29, 0.717) is 13.0 Å². The first kappa shape index (κ1) is 15.8. The molecule has 0 fully saturated rings. The summed E-state index contributed by atoms with van der Waals surface area (Å²) in [5.41, 5.74) is 3.62. The van der Waals surface area contributed by atoms with Crippen molar-refractivity contribution in [3.8, 4) is 0 Å². The van der Waals surface area contributed by atoms with Crippen LogP contribution >= 0.6 is 0 Å². The van der Waals surface area contributed by atoms with E-state index in [1.54, 1.807) is 0 Å². The predicted octanol–water partition coefficient (Wildman–Crippen LogP) is -0.849. The number of rotatable bonds is 4. The average Bonchev–Trinajstić information content (AvgIpc) is 2.17. The second-order valence-corrected chi connectivity index (χ2v) is 4.61. The van der Waals surface area contributed by atoms with Gasteiger partial charge in [-0.25, -0.2) is 0 Å². The Labute approximate surface area is 117 Å². The SMILES string of the molecule is CCOC(=O)Cc1cc(C)cc([CH2][Zn+])c1.[Br-]. The quantitative estimate of drug-likeness (QED) is 0.529. The van der Waals surface area contributed by atoms with Gasteiger partial charge in [0.25, 0.3) is 0 Å². The van der Waals surface area contributed by atoms with E-state index in [9.17, 15) is 4.79 Å². The van der Waals surface area contributed by atoms with Gasteiger partial charge in [-0.1, -0.05) is 0 Å². The second-order valence-electron chi connectivity index (χ2n) is 3.56. The van der Waals surface area contributed by atoms with Crippen LogP contribution in [0.3, 0.4) is 0 Å². The van der Waals surface area contributed by atoms with Crippen molar-refractivity contribution in [2.75, 3.05) is 6.61 Å². The van der Waals surface area contributed by atoms with Gasteiger partial charge in [-0.2, -0.15) is 0 Å². The van der Waals surface area contributed by atoms with Crippen molar-refractivity contribution in [3.05, 3.63) is 34.9 Å². The molecule has 84 valence electrons. The Bertz CT molecular complexity index is 353. The first-order chi connectivity index (χ1) is 7.15. The number of aryl methyl sites for hydroxylation is 1. The summed E-state index contributed by atoms with van der Waals surface area (Å²) in [4.78, 5) is 11.3. The van der Waals surface area contributed by atoms with Crippen LogP contribution in [0.15, 0.2) is 18.2 Å². The first-order valence-corrected chi connectivity index (χ1v) is 7.29. The Hall–Kier alpha value is -0.207. The van der Waals surface area contributed by atoms with Gasteiger partial charge < -0.3 is 17.0 Å². The number of hydrogen-bond acceptors (Lipinski definition) is 2. The fraction of sp³-hybridized carbons (Fsp3) is 0.417. The van der Waals surface area contributed by atoms with Crippen LogP contribution in [0.1, 0.15) is 23.6 Å². The molecule has 0 N–H and O–H groups in total. The summed E-state index contributed by atoms with van der Waals surface area (Å²) in [5.74, 6) is -0.138. The number of ether oxygens (including phenoxy) is 1. The van der Waals surface area contributed by atoms with E-state index in [0.717, 1.165) is 10.6 Å². The van der Waals surface area contributed by atoms with E-state index >= 15 is 0 Å². The molecule has 0 heterocycles. The van der Waals surface area contributed by atoms with Gasteiger partial charge in [-0.3, -0.25) is 0 Å². The topological polar surface area (TPSA) is 26.3 Å². The molecule has 0 saturated heterocycles. The van der Waals surface area contributed by atoms with Gasteiger partial charge in [-0.05, 0) is 0 Å². The molecule has 1 aromatic carbocycles. The zero-order valence-electron chi connectivity index (χ0n) is 9.75. The van der Waals surface area contributed by atoms with E-state index in [1.807, 2.05) is 6.92 Å². The van der Waals surface area contributed by atoms with Crippen molar-refractivity contribution in [2.24, 2.45) is 0 Å². The molecule has 1 rings (SSSR count). The molecule has 0 radical (unpaired) electrons. The molecular formula is C12H15BrO2Zn. The fourth-order valence-corrected chi connectivity index (χ4v) is 2.18. The predicted molar refractivity (Wildman–Crippen MR) is 55.2 cm³/mol. The first-order valence-electron chi connectivity index (χ1n) is 5.20. The van der Waals surface area contributed by atoms with Crippen molar-refractivity contribution in [3.63, 3.8) is 0 Å². The van der Waals surface area contributed by atoms with Crippen molar-refractivity contribution >= 4 is 5.97 Å². The third-order valence-corrected chi connectivity index (χ3v) is 3.35. The molecule has 16 heavy (non-hydrogen) atoms. The van der Waals surface area contributed by atoms with E-state index in [1.165, 1.54) is 29.4 Å². The molecule has 0 aliphatic rings. The molecule has 4 heteroatoms. The van der Waals surface area contributed by atoms with Crippen molar-refractivity contribution in [1.29, 1.82) is 0 Å². The largest absolute Gasteiger partial charge is 1.00 e. The van der Waals surface area contributed by atoms with Crippen LogP contribution in [-0.4, -0.2) is 12.6 Å². The van der Waals surface area contributed by atoms with Crippen LogP contribution < -0.4 is 17.0 Å². The number of halogens is 1. The van der Waals surface area contributed by atoms with Crippen molar-refractivity contribution < 1.29 is 44.8 Å². The molecule has 0 atom stereocenters. The molecule has 0 amide bonds. The fourth-order valence-electron chi connectivity index (χ4n) is 1.57. The number of hydrogen-bond donors (Lipinski definition) is 0. The maximum Gasteiger partial charge on any atom is -1.00 e. The number of carbonyl (C=O) groups is 1. The summed E-state index contributed by atoms with van der Waals surface area (Å²) in [5, 5.41) is 1.12. The smallest absolute Gasteiger partial charge is 1.00 e. The normalized spacial score (nSPS) is 9.50. The van der Waals surface area contributed by atoms with Gasteiger partial charge in [0, 0.05) is 0 Å². The van der Waals surface area contributed by atoms with Crippen LogP contribution in [0.5, 0.6) is 0 Å². The van der Waals surface area contributed by atoms with Gasteiger partial charge in [0.15, 0.2) is 0 Å². The van der Waals surface area contributed by atoms with Gasteiger partial charge in [0.1, 0.15) is 0 Å². The standard InChI is InChI=1S/C12H15O2.BrH.Zn/c1-4-14-12(13)8-11-6-9(2)5-10(3)7-11;;/h5-7H,2,4,8H2,1,3H3;1H;/q;;+1/p-1. The Morgan fingerprint density at radius 3 is 2.50 bits per heavy atom. The second kappa shape index (κ2) is 7.97. The van der Waals surface area contributed by atoms with Crippen molar-refractivity contribution in [2.45, 2.75) is 25.3 Å². The summed E-state index contributed by atoms with van der Waals surface area (Å²) in [6.07, 6.45) is 0.391. The maximum absolute atomic E-state index is 11.3. The molecule has 0 saturated carbocycles. The minimum absolute atomic E-state index is 0. The minimum Gasteiger partial charge on any atom is -1.00 e. The Morgan fingerprint density at radius 2 is 1.94 bits per heavy atom. The van der Waals surface area contributed by atoms with Gasteiger partial charge in [0.05, 0.1) is 0 Å². The monoisotopic (exact) mass is 334 g/mol. The molecular weight excluding hydrogens is 321 g/mol. The van der Waals surface area contributed by atoms with E-state index in [4.69, 9.17) is 4.74 Å². The Kier molecular flexibility index (Phi) is 7.87. The summed E-state index contributed by atoms with van der Waals surface area (Å²) >= 11 is 1.25. The summed E-state index contributed by atoms with van der Waals surface area (Å²) in [6.45, 7) is 4.35. The van der Waals surface area contributed by atoms with Crippen LogP contribution in [0.2, 0.25) is 0 Å². The van der Waals surface area contributed by atoms with Gasteiger partial charge in [-0.15, -0.1) is 0 Å². The average molecular weight is 337 g/mol. The summed E-state index contributed by atoms with van der Waals surface area (Å²) < 4.78 is 4.93. The zero-order valence-corrected chi connectivity index (χ0v) is 14.3. The Balaban J connectivity index is 0.00000225. The third-order valence-electron chi connectivity index (χ3n) is 2.14. The number of esters is 1. The summed E-state index contributed by atoms with van der Waals surface area (Å²) in [7, 11) is 0. The molecule has 0 spiro atoms. The van der Waals surface area contributed by atoms with E-state index in [2.05, 4.69) is 25.1 Å². The van der Waals surface area contributed by atoms with Crippen LogP contribution in [0, 0.1) is 6.92 Å². The van der Waals surface area contributed by atoms with E-state index in [-0.39, 0.29) is 23.0 Å². The van der Waals surface area contributed by atoms with E-state index < -0.39 is 0 Å².